The molecule has 34 heavy (non-hydrogen) atoms. The quantitative estimate of drug-likeness (QED) is 0.522. The van der Waals surface area contributed by atoms with E-state index < -0.39 is 24.2 Å². The Morgan fingerprint density at radius 2 is 1.74 bits per heavy atom. The van der Waals surface area contributed by atoms with Gasteiger partial charge in [0.1, 0.15) is 6.61 Å². The van der Waals surface area contributed by atoms with E-state index in [1.165, 1.54) is 0 Å². The second-order valence-electron chi connectivity index (χ2n) is 8.70. The average molecular weight is 467 g/mol. The monoisotopic (exact) mass is 466 g/mol. The Kier molecular flexibility index (Phi) is 7.47. The summed E-state index contributed by atoms with van der Waals surface area (Å²) in [5.41, 5.74) is 4.57. The number of carboxylic acids is 1. The zero-order chi connectivity index (χ0) is 24.1. The molecule has 1 heterocycles. The van der Waals surface area contributed by atoms with Crippen molar-refractivity contribution in [1.29, 1.82) is 0 Å². The number of carbonyl (C=O) groups excluding carboxylic acids is 2. The summed E-state index contributed by atoms with van der Waals surface area (Å²) in [5, 5.41) is 14.5. The second kappa shape index (κ2) is 10.7. The highest BCUT2D eigenvalue weighted by Gasteiger charge is 2.37. The minimum atomic E-state index is -0.903. The standard InChI is InChI=1S/C26H30N2O6/c1-2-16(11-12-23(29)30)27-25(31)24-22(13-14-33-24)28-26(32)34-15-21-19-9-5-3-7-17(19)18-8-4-6-10-20(18)21/h3-10,16,21-22,24H,2,11-15H2,1H3,(H,27,31)(H,28,32)(H,29,30)/t16?,22-,24+/m1/s1. The molecule has 0 radical (unpaired) electrons. The predicted octanol–water partition coefficient (Wildman–Crippen LogP) is 3.44. The van der Waals surface area contributed by atoms with Gasteiger partial charge in [-0.05, 0) is 41.5 Å². The van der Waals surface area contributed by atoms with Crippen LogP contribution in [-0.2, 0) is 19.1 Å². The first-order valence-corrected chi connectivity index (χ1v) is 11.7. The summed E-state index contributed by atoms with van der Waals surface area (Å²) >= 11 is 0. The molecule has 0 saturated carbocycles. The lowest BCUT2D eigenvalue weighted by Gasteiger charge is -2.23. The van der Waals surface area contributed by atoms with E-state index in [0.717, 1.165) is 22.3 Å². The van der Waals surface area contributed by atoms with Crippen LogP contribution in [-0.4, -0.2) is 54.5 Å². The molecular weight excluding hydrogens is 436 g/mol. The second-order valence-corrected chi connectivity index (χ2v) is 8.70. The van der Waals surface area contributed by atoms with Gasteiger partial charge >= 0.3 is 12.1 Å². The van der Waals surface area contributed by atoms with Gasteiger partial charge in [-0.1, -0.05) is 55.5 Å². The summed E-state index contributed by atoms with van der Waals surface area (Å²) in [5.74, 6) is -1.30. The molecule has 1 aliphatic carbocycles. The molecule has 4 rings (SSSR count). The first-order valence-electron chi connectivity index (χ1n) is 11.7. The Hall–Kier alpha value is -3.39. The number of aliphatic carboxylic acids is 1. The molecule has 3 N–H and O–H groups in total. The summed E-state index contributed by atoms with van der Waals surface area (Å²) in [6.45, 7) is 2.42. The molecule has 0 bridgehead atoms. The van der Waals surface area contributed by atoms with Crippen LogP contribution in [0, 0.1) is 0 Å². The predicted molar refractivity (Wildman–Crippen MR) is 125 cm³/mol. The van der Waals surface area contributed by atoms with Crippen molar-refractivity contribution in [2.24, 2.45) is 0 Å². The van der Waals surface area contributed by atoms with Crippen molar-refractivity contribution in [1.82, 2.24) is 10.6 Å². The van der Waals surface area contributed by atoms with E-state index in [-0.39, 0.29) is 30.9 Å². The Labute approximate surface area is 198 Å². The van der Waals surface area contributed by atoms with Crippen molar-refractivity contribution in [3.05, 3.63) is 59.7 Å². The van der Waals surface area contributed by atoms with E-state index >= 15 is 0 Å². The molecule has 180 valence electrons. The largest absolute Gasteiger partial charge is 0.481 e. The summed E-state index contributed by atoms with van der Waals surface area (Å²) < 4.78 is 11.2. The van der Waals surface area contributed by atoms with E-state index in [2.05, 4.69) is 34.9 Å². The number of amides is 2. The molecule has 2 aromatic carbocycles. The van der Waals surface area contributed by atoms with Gasteiger partial charge in [0, 0.05) is 25.0 Å². The lowest BCUT2D eigenvalue weighted by atomic mass is 9.98. The Morgan fingerprint density at radius 3 is 2.35 bits per heavy atom. The van der Waals surface area contributed by atoms with E-state index in [0.29, 0.717) is 25.9 Å². The van der Waals surface area contributed by atoms with Crippen molar-refractivity contribution in [3.8, 4) is 11.1 Å². The third kappa shape index (κ3) is 5.22. The van der Waals surface area contributed by atoms with Crippen LogP contribution in [0.3, 0.4) is 0 Å². The van der Waals surface area contributed by atoms with Gasteiger partial charge in [0.05, 0.1) is 6.04 Å². The summed E-state index contributed by atoms with van der Waals surface area (Å²) in [4.78, 5) is 36.2. The number of ether oxygens (including phenoxy) is 2. The van der Waals surface area contributed by atoms with Crippen LogP contribution in [0.25, 0.3) is 11.1 Å². The Morgan fingerprint density at radius 1 is 1.09 bits per heavy atom. The van der Waals surface area contributed by atoms with Crippen LogP contribution in [0.5, 0.6) is 0 Å². The number of rotatable bonds is 9. The van der Waals surface area contributed by atoms with Crippen molar-refractivity contribution in [3.63, 3.8) is 0 Å². The molecule has 2 aromatic rings. The van der Waals surface area contributed by atoms with Gasteiger partial charge in [0.2, 0.25) is 0 Å². The van der Waals surface area contributed by atoms with Crippen molar-refractivity contribution in [2.45, 2.75) is 56.7 Å². The average Bonchev–Trinajstić information content (AvgIpc) is 3.42. The Bertz CT molecular complexity index is 1010. The maximum atomic E-state index is 12.7. The van der Waals surface area contributed by atoms with Gasteiger partial charge in [0.25, 0.3) is 5.91 Å². The summed E-state index contributed by atoms with van der Waals surface area (Å²) in [7, 11) is 0. The minimum absolute atomic E-state index is 0.0221. The highest BCUT2D eigenvalue weighted by Crippen LogP contribution is 2.44. The smallest absolute Gasteiger partial charge is 0.407 e. The molecule has 2 aliphatic rings. The molecule has 1 saturated heterocycles. The highest BCUT2D eigenvalue weighted by molar-refractivity contribution is 5.83. The molecule has 8 heteroatoms. The number of fused-ring (bicyclic) bond motifs is 3. The van der Waals surface area contributed by atoms with Crippen LogP contribution in [0.2, 0.25) is 0 Å². The Balaban J connectivity index is 1.33. The molecule has 1 fully saturated rings. The maximum absolute atomic E-state index is 12.7. The number of carbonyl (C=O) groups is 3. The highest BCUT2D eigenvalue weighted by atomic mass is 16.6. The summed E-state index contributed by atoms with van der Waals surface area (Å²) in [6, 6.07) is 15.5. The lowest BCUT2D eigenvalue weighted by molar-refractivity contribution is -0.138. The molecule has 2 amide bonds. The molecule has 0 spiro atoms. The summed E-state index contributed by atoms with van der Waals surface area (Å²) in [6.07, 6.45) is -0.00212. The normalized spacial score (nSPS) is 19.7. The first kappa shape index (κ1) is 23.8. The van der Waals surface area contributed by atoms with Crippen molar-refractivity contribution < 1.29 is 29.0 Å². The number of carboxylic acid groups (broad SMARTS) is 1. The third-order valence-corrected chi connectivity index (χ3v) is 6.54. The van der Waals surface area contributed by atoms with Gasteiger partial charge < -0.3 is 25.2 Å². The van der Waals surface area contributed by atoms with Crippen LogP contribution < -0.4 is 10.6 Å². The van der Waals surface area contributed by atoms with Crippen molar-refractivity contribution >= 4 is 18.0 Å². The van der Waals surface area contributed by atoms with Gasteiger partial charge in [0.15, 0.2) is 6.10 Å². The molecule has 8 nitrogen and oxygen atoms in total. The van der Waals surface area contributed by atoms with Crippen LogP contribution in [0.15, 0.2) is 48.5 Å². The van der Waals surface area contributed by atoms with Crippen molar-refractivity contribution in [2.75, 3.05) is 13.2 Å². The topological polar surface area (TPSA) is 114 Å². The van der Waals surface area contributed by atoms with Crippen LogP contribution in [0.1, 0.15) is 49.7 Å². The number of nitrogens with one attached hydrogen (secondary N) is 2. The third-order valence-electron chi connectivity index (χ3n) is 6.54. The fraction of sp³-hybridized carbons (Fsp3) is 0.423. The SMILES string of the molecule is CCC(CCC(=O)O)NC(=O)[C@H]1OCC[C@H]1NC(=O)OCC1c2ccccc2-c2ccccc21. The van der Waals surface area contributed by atoms with Gasteiger partial charge in [-0.2, -0.15) is 0 Å². The molecular formula is C26H30N2O6. The van der Waals surface area contributed by atoms with E-state index in [9.17, 15) is 14.4 Å². The lowest BCUT2D eigenvalue weighted by Crippen LogP contribution is -2.50. The molecule has 3 atom stereocenters. The minimum Gasteiger partial charge on any atom is -0.481 e. The zero-order valence-electron chi connectivity index (χ0n) is 19.2. The van der Waals surface area contributed by atoms with Crippen LogP contribution >= 0.6 is 0 Å². The number of hydrogen-bond donors (Lipinski definition) is 3. The van der Waals surface area contributed by atoms with Crippen LogP contribution in [0.4, 0.5) is 4.79 Å². The molecule has 0 aromatic heterocycles. The first-order chi connectivity index (χ1) is 16.5. The van der Waals surface area contributed by atoms with E-state index in [1.807, 2.05) is 31.2 Å². The number of benzene rings is 2. The zero-order valence-corrected chi connectivity index (χ0v) is 19.2. The van der Waals surface area contributed by atoms with Gasteiger partial charge in [-0.15, -0.1) is 0 Å². The van der Waals surface area contributed by atoms with Gasteiger partial charge in [-0.3, -0.25) is 9.59 Å². The fourth-order valence-corrected chi connectivity index (χ4v) is 4.75. The van der Waals surface area contributed by atoms with E-state index in [4.69, 9.17) is 14.6 Å². The number of hydrogen-bond acceptors (Lipinski definition) is 5. The maximum Gasteiger partial charge on any atom is 0.407 e. The molecule has 1 aliphatic heterocycles. The molecule has 1 unspecified atom stereocenters. The fourth-order valence-electron chi connectivity index (χ4n) is 4.75. The van der Waals surface area contributed by atoms with E-state index in [1.54, 1.807) is 0 Å². The van der Waals surface area contributed by atoms with Gasteiger partial charge in [-0.25, -0.2) is 4.79 Å². The number of alkyl carbamates (subject to hydrolysis) is 1.